The largest absolute Gasteiger partial charge is 4.00 e. The van der Waals surface area contributed by atoms with Crippen molar-refractivity contribution in [2.45, 2.75) is 58.8 Å². The van der Waals surface area contributed by atoms with Crippen molar-refractivity contribution < 1.29 is 51.0 Å². The number of fused-ring (bicyclic) bond motifs is 3. The molecule has 0 aliphatic heterocycles. The average molecular weight is 505 g/mol. The molecule has 1 aliphatic rings. The maximum atomic E-state index is 2.99. The standard InChI is InChI=1S/C21H25.C5H5.2ClH.Zr/c1-20(2,3)16-9-7-14-11-15-8-10-17(21(4,5)6)13-19(15)18(14)12-16;1-2-4-5-3-1;;;/h7-13H,1-6H3;1-3H,4H2;2*1H;/q2*-1;;;+4/p-2. The number of hydrogen-bond donors (Lipinski definition) is 0. The molecule has 0 nitrogen and oxygen atoms in total. The van der Waals surface area contributed by atoms with Crippen LogP contribution in [0.4, 0.5) is 0 Å². The Bertz CT molecular complexity index is 901. The van der Waals surface area contributed by atoms with Crippen LogP contribution < -0.4 is 24.8 Å². The first-order valence-corrected chi connectivity index (χ1v) is 9.52. The van der Waals surface area contributed by atoms with Gasteiger partial charge in [0.1, 0.15) is 0 Å². The van der Waals surface area contributed by atoms with Gasteiger partial charge in [0.15, 0.2) is 0 Å². The van der Waals surface area contributed by atoms with Gasteiger partial charge in [0.2, 0.25) is 0 Å². The van der Waals surface area contributed by atoms with Gasteiger partial charge < -0.3 is 24.8 Å². The molecule has 0 heterocycles. The fourth-order valence-corrected chi connectivity index (χ4v) is 3.27. The quantitative estimate of drug-likeness (QED) is 0.409. The second-order valence-corrected chi connectivity index (χ2v) is 9.25. The predicted octanol–water partition coefficient (Wildman–Crippen LogP) is 1.62. The van der Waals surface area contributed by atoms with Crippen LogP contribution in [0.25, 0.3) is 21.5 Å². The molecular formula is C26H30Cl2Zr. The first-order valence-electron chi connectivity index (χ1n) is 9.52. The Labute approximate surface area is 208 Å². The molecule has 1 aliphatic carbocycles. The van der Waals surface area contributed by atoms with E-state index in [1.54, 1.807) is 0 Å². The third-order valence-corrected chi connectivity index (χ3v) is 5.03. The third kappa shape index (κ3) is 6.88. The van der Waals surface area contributed by atoms with Gasteiger partial charge in [-0.25, -0.2) is 12.2 Å². The number of halogens is 2. The SMILES string of the molecule is CC(C)(C)c1ccc2[cH-]c3ccc(C(C)(C)C)cc3c2c1.[C-]1=CC=CC1.[Cl-].[Cl-].[Zr+4]. The van der Waals surface area contributed by atoms with Gasteiger partial charge in [-0.1, -0.05) is 76.9 Å². The summed E-state index contributed by atoms with van der Waals surface area (Å²) >= 11 is 0. The maximum absolute atomic E-state index is 2.99. The van der Waals surface area contributed by atoms with Gasteiger partial charge >= 0.3 is 26.2 Å². The molecule has 29 heavy (non-hydrogen) atoms. The molecule has 0 spiro atoms. The topological polar surface area (TPSA) is 0 Å². The van der Waals surface area contributed by atoms with Crippen molar-refractivity contribution in [3.8, 4) is 0 Å². The molecule has 0 bridgehead atoms. The Morgan fingerprint density at radius 1 is 0.759 bits per heavy atom. The van der Waals surface area contributed by atoms with Gasteiger partial charge in [-0.15, -0.1) is 46.2 Å². The normalized spacial score (nSPS) is 12.6. The first kappa shape index (κ1) is 28.3. The van der Waals surface area contributed by atoms with E-state index in [2.05, 4.69) is 96.2 Å². The number of benzene rings is 2. The molecule has 3 aromatic carbocycles. The van der Waals surface area contributed by atoms with Crippen molar-refractivity contribution in [3.05, 3.63) is 77.9 Å². The van der Waals surface area contributed by atoms with Crippen LogP contribution in [0.3, 0.4) is 0 Å². The van der Waals surface area contributed by atoms with Crippen LogP contribution in [-0.4, -0.2) is 0 Å². The predicted molar refractivity (Wildman–Crippen MR) is 116 cm³/mol. The summed E-state index contributed by atoms with van der Waals surface area (Å²) in [5.41, 5.74) is 3.20. The van der Waals surface area contributed by atoms with E-state index in [1.165, 1.54) is 32.7 Å². The van der Waals surface area contributed by atoms with Crippen LogP contribution >= 0.6 is 0 Å². The smallest absolute Gasteiger partial charge is 1.00 e. The van der Waals surface area contributed by atoms with Crippen molar-refractivity contribution in [1.29, 1.82) is 0 Å². The Balaban J connectivity index is 0.000000863. The summed E-state index contributed by atoms with van der Waals surface area (Å²) in [6, 6.07) is 16.1. The van der Waals surface area contributed by atoms with Crippen molar-refractivity contribution >= 4 is 21.5 Å². The molecule has 0 amide bonds. The summed E-state index contributed by atoms with van der Waals surface area (Å²) in [7, 11) is 0. The van der Waals surface area contributed by atoms with E-state index in [1.807, 2.05) is 12.2 Å². The summed E-state index contributed by atoms with van der Waals surface area (Å²) < 4.78 is 0. The van der Waals surface area contributed by atoms with Gasteiger partial charge in [0, 0.05) is 0 Å². The zero-order valence-corrected chi connectivity index (χ0v) is 22.2. The fourth-order valence-electron chi connectivity index (χ4n) is 3.27. The van der Waals surface area contributed by atoms with E-state index < -0.39 is 0 Å². The molecule has 0 aromatic heterocycles. The molecule has 0 unspecified atom stereocenters. The van der Waals surface area contributed by atoms with E-state index in [4.69, 9.17) is 0 Å². The number of hydrogen-bond acceptors (Lipinski definition) is 0. The van der Waals surface area contributed by atoms with Gasteiger partial charge in [0.25, 0.3) is 0 Å². The van der Waals surface area contributed by atoms with Gasteiger partial charge in [0.05, 0.1) is 0 Å². The van der Waals surface area contributed by atoms with E-state index in [9.17, 15) is 0 Å². The van der Waals surface area contributed by atoms with Crippen molar-refractivity contribution in [1.82, 2.24) is 0 Å². The van der Waals surface area contributed by atoms with Crippen LogP contribution in [-0.2, 0) is 37.0 Å². The monoisotopic (exact) mass is 502 g/mol. The van der Waals surface area contributed by atoms with E-state index in [0.29, 0.717) is 0 Å². The second-order valence-electron chi connectivity index (χ2n) is 9.25. The van der Waals surface area contributed by atoms with Crippen LogP contribution in [0.2, 0.25) is 0 Å². The minimum absolute atomic E-state index is 0. The Hall–Kier alpha value is -0.747. The summed E-state index contributed by atoms with van der Waals surface area (Å²) in [5.74, 6) is 0. The van der Waals surface area contributed by atoms with Crippen LogP contribution in [0.15, 0.2) is 60.7 Å². The van der Waals surface area contributed by atoms with Crippen LogP contribution in [0.1, 0.15) is 59.1 Å². The molecule has 4 rings (SSSR count). The molecule has 3 heteroatoms. The Morgan fingerprint density at radius 2 is 1.21 bits per heavy atom. The Morgan fingerprint density at radius 3 is 1.48 bits per heavy atom. The zero-order chi connectivity index (χ0) is 18.9. The fraction of sp³-hybridized carbons (Fsp3) is 0.346. The van der Waals surface area contributed by atoms with Crippen molar-refractivity contribution in [3.63, 3.8) is 0 Å². The number of allylic oxidation sites excluding steroid dienone is 4. The molecule has 0 saturated heterocycles. The number of rotatable bonds is 0. The molecule has 0 N–H and O–H groups in total. The van der Waals surface area contributed by atoms with Gasteiger partial charge in [-0.3, -0.25) is 6.08 Å². The second kappa shape index (κ2) is 11.0. The first-order chi connectivity index (χ1) is 12.2. The average Bonchev–Trinajstić information content (AvgIpc) is 3.23. The molecule has 152 valence electrons. The minimum atomic E-state index is 0. The zero-order valence-electron chi connectivity index (χ0n) is 18.2. The molecule has 0 atom stereocenters. The maximum Gasteiger partial charge on any atom is 4.00 e. The van der Waals surface area contributed by atoms with Crippen molar-refractivity contribution in [2.24, 2.45) is 0 Å². The van der Waals surface area contributed by atoms with E-state index in [-0.39, 0.29) is 61.8 Å². The van der Waals surface area contributed by atoms with E-state index >= 15 is 0 Å². The Kier molecular flexibility index (Phi) is 10.8. The van der Waals surface area contributed by atoms with Crippen molar-refractivity contribution in [2.75, 3.05) is 0 Å². The summed E-state index contributed by atoms with van der Waals surface area (Å²) in [6.45, 7) is 13.7. The third-order valence-electron chi connectivity index (χ3n) is 5.03. The summed E-state index contributed by atoms with van der Waals surface area (Å²) in [6.07, 6.45) is 10.0. The molecule has 3 aromatic rings. The van der Waals surface area contributed by atoms with E-state index in [0.717, 1.165) is 6.42 Å². The minimum Gasteiger partial charge on any atom is -1.00 e. The molecular weight excluding hydrogens is 474 g/mol. The molecule has 0 radical (unpaired) electrons. The molecule has 0 saturated carbocycles. The van der Waals surface area contributed by atoms with Gasteiger partial charge in [-0.2, -0.15) is 6.08 Å². The van der Waals surface area contributed by atoms with Crippen LogP contribution in [0.5, 0.6) is 0 Å². The summed E-state index contributed by atoms with van der Waals surface area (Å²) in [4.78, 5) is 0. The van der Waals surface area contributed by atoms with Crippen LogP contribution in [0, 0.1) is 6.08 Å². The van der Waals surface area contributed by atoms with Gasteiger partial charge in [-0.05, 0) is 10.8 Å². The summed E-state index contributed by atoms with van der Waals surface area (Å²) in [5, 5.41) is 5.49. The molecule has 0 fully saturated rings.